The van der Waals surface area contributed by atoms with Gasteiger partial charge in [0.05, 0.1) is 26.4 Å². The van der Waals surface area contributed by atoms with E-state index in [1.54, 1.807) is 138 Å². The minimum atomic E-state index is -0.0718. The Kier molecular flexibility index (Phi) is 48.9. The number of para-hydroxylation sites is 1. The van der Waals surface area contributed by atoms with E-state index >= 15 is 0 Å². The summed E-state index contributed by atoms with van der Waals surface area (Å²) < 4.78 is 15.4. The SMILES string of the molecule is CC(=O)c1cc(C)c(C)c(C)c1.CC(=O)c1cc(C)cc(C)c1.CC(=O)c1cc(Cl)ccc1Cl.CC(=O)c1ccc(-c2ccccc2)cc1.CC(=O)c1ccc(C(C)(C)C)cc1.CC(=O)c1ccc(C(C)=O)cc1.CC(=O)c1ccc(C)cc1.CC(=O)c1cccc(C(C)=O)c1.COc1cc(C(C)=O)cc(OC)c1OC.Cc1cc(C)c(C=O)c(C)c1.Oc1ccccc1. The zero-order valence-electron chi connectivity index (χ0n) is 79.2. The number of rotatable bonds is 16. The molecule has 0 aliphatic rings. The number of phenols is 1. The fourth-order valence-electron chi connectivity index (χ4n) is 11.7. The van der Waals surface area contributed by atoms with Gasteiger partial charge in [-0.05, 0) is 261 Å². The summed E-state index contributed by atoms with van der Waals surface area (Å²) in [5.74, 6) is 2.31. The zero-order valence-corrected chi connectivity index (χ0v) is 80.7. The minimum absolute atomic E-state index is 0.0156. The van der Waals surface area contributed by atoms with Crippen molar-refractivity contribution in [2.24, 2.45) is 0 Å². The molecule has 12 rings (SSSR count). The number of Topliss-reactive ketones (excluding diaryl/α,β-unsaturated/α-hetero) is 11. The van der Waals surface area contributed by atoms with Crippen LogP contribution in [0.5, 0.6) is 23.0 Å². The van der Waals surface area contributed by atoms with Crippen LogP contribution in [0.25, 0.3) is 11.1 Å². The Morgan fingerprint density at radius 2 is 0.620 bits per heavy atom. The number of aryl methyl sites for hydroxylation is 8. The monoisotopic (exact) mass is 1780 g/mol. The molecule has 0 saturated heterocycles. The molecule has 0 heterocycles. The van der Waals surface area contributed by atoms with Crippen LogP contribution < -0.4 is 14.2 Å². The van der Waals surface area contributed by atoms with Crippen LogP contribution in [0.2, 0.25) is 10.0 Å². The maximum absolute atomic E-state index is 11.2. The third kappa shape index (κ3) is 41.2. The molecule has 0 aromatic heterocycles. The number of hydrogen-bond acceptors (Lipinski definition) is 16. The maximum atomic E-state index is 11.2. The Hall–Kier alpha value is -13.5. The maximum Gasteiger partial charge on any atom is 0.203 e. The van der Waals surface area contributed by atoms with E-state index in [2.05, 4.69) is 45.9 Å². The summed E-state index contributed by atoms with van der Waals surface area (Å²) in [7, 11) is 4.55. The Labute approximate surface area is 772 Å². The van der Waals surface area contributed by atoms with E-state index in [1.165, 1.54) is 102 Å². The molecule has 0 bridgehead atoms. The number of carbonyl (C=O) groups is 12. The molecule has 0 unspecified atom stereocenters. The Balaban J connectivity index is 0.000000482. The predicted molar refractivity (Wildman–Crippen MR) is 524 cm³/mol. The van der Waals surface area contributed by atoms with Crippen LogP contribution in [-0.4, -0.2) is 96.3 Å². The van der Waals surface area contributed by atoms with Gasteiger partial charge in [0.2, 0.25) is 5.75 Å². The molecule has 0 radical (unpaired) electrons. The molecule has 16 nitrogen and oxygen atoms in total. The number of aldehydes is 1. The van der Waals surface area contributed by atoms with Gasteiger partial charge in [-0.3, -0.25) is 57.5 Å². The molecule has 0 aliphatic heterocycles. The highest BCUT2D eigenvalue weighted by atomic mass is 35.5. The topological polar surface area (TPSA) is 253 Å². The van der Waals surface area contributed by atoms with Gasteiger partial charge in [-0.2, -0.15) is 0 Å². The first kappa shape index (κ1) is 112. The van der Waals surface area contributed by atoms with Gasteiger partial charge in [0.15, 0.2) is 81.4 Å². The fourth-order valence-corrected chi connectivity index (χ4v) is 12.1. The summed E-state index contributed by atoms with van der Waals surface area (Å²) in [5, 5.41) is 9.61. The van der Waals surface area contributed by atoms with Gasteiger partial charge in [0.1, 0.15) is 5.75 Å². The lowest BCUT2D eigenvalue weighted by atomic mass is 9.86. The van der Waals surface area contributed by atoms with Crippen LogP contribution in [0.4, 0.5) is 0 Å². The Bertz CT molecular complexity index is 5630. The summed E-state index contributed by atoms with van der Waals surface area (Å²) in [6.07, 6.45) is 0.921. The number of ether oxygens (including phenoxy) is 3. The summed E-state index contributed by atoms with van der Waals surface area (Å²) in [5.41, 5.74) is 22.5. The Morgan fingerprint density at radius 3 is 0.938 bits per heavy atom. The van der Waals surface area contributed by atoms with E-state index in [1.807, 2.05) is 189 Å². The quantitative estimate of drug-likeness (QED) is 0.0697. The molecule has 1 N–H and O–H groups in total. The van der Waals surface area contributed by atoms with Crippen molar-refractivity contribution in [1.29, 1.82) is 0 Å². The number of carbonyl (C=O) groups excluding carboxylic acids is 12. The first-order valence-electron chi connectivity index (χ1n) is 41.3. The molecule has 12 aromatic rings. The molecule has 129 heavy (non-hydrogen) atoms. The Morgan fingerprint density at radius 1 is 0.295 bits per heavy atom. The third-order valence-corrected chi connectivity index (χ3v) is 19.9. The van der Waals surface area contributed by atoms with Crippen molar-refractivity contribution in [3.63, 3.8) is 0 Å². The molecule has 0 spiro atoms. The second-order valence-corrected chi connectivity index (χ2v) is 32.2. The molecular weight excluding hydrogens is 1660 g/mol. The van der Waals surface area contributed by atoms with Gasteiger partial charge < -0.3 is 19.3 Å². The average molecular weight is 1780 g/mol. The molecule has 0 amide bonds. The van der Waals surface area contributed by atoms with Gasteiger partial charge >= 0.3 is 0 Å². The van der Waals surface area contributed by atoms with E-state index in [9.17, 15) is 57.5 Å². The van der Waals surface area contributed by atoms with Gasteiger partial charge in [0, 0.05) is 71.8 Å². The molecule has 676 valence electrons. The minimum Gasteiger partial charge on any atom is -0.508 e. The lowest BCUT2D eigenvalue weighted by Gasteiger charge is -2.18. The average Bonchev–Trinajstić information content (AvgIpc) is 0.841. The number of halogens is 2. The molecule has 0 fully saturated rings. The number of hydrogen-bond donors (Lipinski definition) is 1. The number of methoxy groups -OCH3 is 3. The molecule has 0 saturated carbocycles. The van der Waals surface area contributed by atoms with Crippen molar-refractivity contribution >= 4 is 93.1 Å². The van der Waals surface area contributed by atoms with Gasteiger partial charge in [0.25, 0.3) is 0 Å². The predicted octanol–water partition coefficient (Wildman–Crippen LogP) is 27.4. The summed E-state index contributed by atoms with van der Waals surface area (Å²) in [6, 6.07) is 77.2. The summed E-state index contributed by atoms with van der Waals surface area (Å²) in [4.78, 5) is 131. The van der Waals surface area contributed by atoms with Crippen LogP contribution in [0.15, 0.2) is 255 Å². The van der Waals surface area contributed by atoms with Crippen LogP contribution in [0, 0.1) is 62.3 Å². The smallest absolute Gasteiger partial charge is 0.203 e. The van der Waals surface area contributed by atoms with E-state index in [-0.39, 0.29) is 69.0 Å². The van der Waals surface area contributed by atoms with Gasteiger partial charge in [-0.25, -0.2) is 0 Å². The van der Waals surface area contributed by atoms with Gasteiger partial charge in [-0.15, -0.1) is 0 Å². The first-order valence-corrected chi connectivity index (χ1v) is 42.1. The zero-order chi connectivity index (χ0) is 97.7. The van der Waals surface area contributed by atoms with Crippen molar-refractivity contribution in [2.75, 3.05) is 21.3 Å². The molecular formula is C111H122Cl2O16. The highest BCUT2D eigenvalue weighted by Crippen LogP contribution is 2.38. The lowest BCUT2D eigenvalue weighted by Crippen LogP contribution is -2.10. The van der Waals surface area contributed by atoms with Crippen molar-refractivity contribution in [1.82, 2.24) is 0 Å². The van der Waals surface area contributed by atoms with Crippen molar-refractivity contribution < 1.29 is 76.9 Å². The number of ketones is 11. The van der Waals surface area contributed by atoms with Crippen molar-refractivity contribution in [3.05, 3.63) is 387 Å². The third-order valence-electron chi connectivity index (χ3n) is 19.3. The first-order chi connectivity index (χ1) is 60.5. The number of phenolic OH excluding ortho intramolecular Hbond substituents is 1. The number of aromatic hydroxyl groups is 1. The van der Waals surface area contributed by atoms with E-state index in [0.717, 1.165) is 67.5 Å². The normalized spacial score (nSPS) is 9.80. The van der Waals surface area contributed by atoms with Crippen molar-refractivity contribution in [2.45, 2.75) is 165 Å². The number of benzene rings is 12. The highest BCUT2D eigenvalue weighted by Gasteiger charge is 2.17. The molecule has 12 aromatic carbocycles. The standard InChI is InChI=1S/C14H12O.C12H16O.C11H14O4.C11H14O.2C10H10O2.2C10H12O.C9H10O.C8H6Cl2O.C6H6O/c1-11(15)12-7-9-14(10-8-12)13-5-3-2-4-6-13;1-9(13)10-5-7-11(8-6-10)12(2,3)4;1-7(12)8-5-9(13-2)11(15-4)10(6-8)14-3;1-7-5-11(10(4)12)6-8(2)9(7)3;1-7(11)9-3-5-10(6-4-9)8(2)12;1-7(11)9-4-3-5-10(6-9)8(2)12;1-7-4-8(2)10(6-11)9(3)5-7;1-7-4-8(2)6-10(5-7)9(3)11;1-7-3-5-9(6-4-7)8(2)10;1-5(11)7-4-6(9)2-3-8(7)10;7-6-4-2-1-3-5-6/h2-10H,1H3;5-8H,1-4H3;5-6H,1-4H3;5-6H,1-4H3;2*3-6H,1-2H3;2*4-6H,1-3H3;3-6H,1-2H3;2-4H,1H3;1-5,7H. The van der Waals surface area contributed by atoms with Crippen LogP contribution in [0.3, 0.4) is 0 Å². The van der Waals surface area contributed by atoms with Crippen LogP contribution in [0.1, 0.15) is 277 Å². The summed E-state index contributed by atoms with van der Waals surface area (Å²) in [6.45, 7) is 41.5. The van der Waals surface area contributed by atoms with E-state index in [4.69, 9.17) is 42.5 Å². The second kappa shape index (κ2) is 56.5. The molecule has 0 aliphatic carbocycles. The van der Waals surface area contributed by atoms with Crippen LogP contribution in [-0.2, 0) is 5.41 Å². The highest BCUT2D eigenvalue weighted by molar-refractivity contribution is 6.35. The second-order valence-electron chi connectivity index (χ2n) is 31.3. The summed E-state index contributed by atoms with van der Waals surface area (Å²) >= 11 is 11.4. The van der Waals surface area contributed by atoms with Crippen molar-refractivity contribution in [3.8, 4) is 34.1 Å². The van der Waals surface area contributed by atoms with Crippen LogP contribution >= 0.6 is 23.2 Å². The van der Waals surface area contributed by atoms with E-state index < -0.39 is 0 Å². The lowest BCUT2D eigenvalue weighted by molar-refractivity contribution is 0.0999. The fraction of sp³-hybridized carbons (Fsp3) is 0.243. The van der Waals surface area contributed by atoms with Gasteiger partial charge in [-0.1, -0.05) is 248 Å². The molecule has 0 atom stereocenters. The largest absolute Gasteiger partial charge is 0.508 e. The van der Waals surface area contributed by atoms with E-state index in [0.29, 0.717) is 66.4 Å². The molecule has 18 heteroatoms.